The van der Waals surface area contributed by atoms with Gasteiger partial charge in [-0.15, -0.1) is 0 Å². The van der Waals surface area contributed by atoms with Crippen molar-refractivity contribution in [2.45, 2.75) is 0 Å². The Morgan fingerprint density at radius 3 is 1.65 bits per heavy atom. The maximum atomic E-state index is 8.21. The van der Waals surface area contributed by atoms with Gasteiger partial charge in [-0.25, -0.2) is 0 Å². The monoisotopic (exact) mass is 735 g/mol. The molecule has 0 amide bonds. The summed E-state index contributed by atoms with van der Waals surface area (Å²) in [6, 6.07) is 30.9. The van der Waals surface area contributed by atoms with Gasteiger partial charge in [0.1, 0.15) is 5.75 Å². The third-order valence-corrected chi connectivity index (χ3v) is 5.95. The first-order chi connectivity index (χ1) is 16.4. The third-order valence-electron chi connectivity index (χ3n) is 3.79. The van der Waals surface area contributed by atoms with Crippen LogP contribution in [0, 0.1) is 3.57 Å². The fourth-order valence-corrected chi connectivity index (χ4v) is 4.37. The molecule has 2 N–H and O–H groups in total. The van der Waals surface area contributed by atoms with Crippen molar-refractivity contribution < 1.29 is 14.8 Å². The number of hydrogen-bond acceptors (Lipinski definition) is 3. The van der Waals surface area contributed by atoms with E-state index in [4.69, 9.17) is 33.3 Å². The van der Waals surface area contributed by atoms with Crippen LogP contribution in [-0.2, 0) is 0 Å². The Bertz CT molecular complexity index is 1080. The highest BCUT2D eigenvalue weighted by atomic mass is 127. The Kier molecular flexibility index (Phi) is 16.6. The van der Waals surface area contributed by atoms with Gasteiger partial charge in [0.2, 0.25) is 0 Å². The largest absolute Gasteiger partial charge is 0.569 e. The van der Waals surface area contributed by atoms with Crippen molar-refractivity contribution >= 4 is 85.3 Å². The zero-order chi connectivity index (χ0) is 25.3. The molecular formula is C25H21BBr2Cl2IO3. The van der Waals surface area contributed by atoms with E-state index in [1.165, 1.54) is 14.7 Å². The van der Waals surface area contributed by atoms with Crippen LogP contribution in [0.3, 0.4) is 0 Å². The minimum Gasteiger partial charge on any atom is -0.537 e. The molecule has 0 aliphatic heterocycles. The summed E-state index contributed by atoms with van der Waals surface area (Å²) in [5.41, 5.74) is 2.37. The van der Waals surface area contributed by atoms with Crippen LogP contribution in [0.25, 0.3) is 11.1 Å². The van der Waals surface area contributed by atoms with Gasteiger partial charge in [0.25, 0.3) is 0 Å². The molecule has 4 aromatic carbocycles. The Balaban J connectivity index is 0.000000256. The van der Waals surface area contributed by atoms with Crippen LogP contribution in [0.15, 0.2) is 106 Å². The lowest BCUT2D eigenvalue weighted by molar-refractivity contribution is 0.399. The van der Waals surface area contributed by atoms with Gasteiger partial charge in [0, 0.05) is 29.7 Å². The van der Waals surface area contributed by atoms with Crippen LogP contribution in [-0.4, -0.2) is 24.9 Å². The molecule has 0 saturated heterocycles. The highest BCUT2D eigenvalue weighted by molar-refractivity contribution is 14.1. The van der Waals surface area contributed by atoms with Gasteiger partial charge in [0.05, 0.1) is 0 Å². The Labute approximate surface area is 241 Å². The van der Waals surface area contributed by atoms with E-state index in [0.29, 0.717) is 18.5 Å². The van der Waals surface area contributed by atoms with Crippen LogP contribution in [0.4, 0.5) is 0 Å². The summed E-state index contributed by atoms with van der Waals surface area (Å²) in [4.78, 5) is 0. The number of rotatable bonds is 3. The van der Waals surface area contributed by atoms with E-state index in [9.17, 15) is 0 Å². The van der Waals surface area contributed by atoms with Crippen molar-refractivity contribution in [3.05, 3.63) is 120 Å². The summed E-state index contributed by atoms with van der Waals surface area (Å²) in [6.07, 6.45) is 0. The lowest BCUT2D eigenvalue weighted by atomic mass is 10.1. The first kappa shape index (κ1) is 31.0. The molecule has 34 heavy (non-hydrogen) atoms. The molecule has 4 aromatic rings. The van der Waals surface area contributed by atoms with E-state index >= 15 is 0 Å². The molecule has 0 aromatic heterocycles. The van der Waals surface area contributed by atoms with E-state index in [1.54, 1.807) is 24.3 Å². The highest BCUT2D eigenvalue weighted by Crippen LogP contribution is 2.24. The standard InChI is InChI=1S/C12H8BrCl.C6H5BClO2.C6H4BrI.CH4O/c13-11-3-1-2-10(8-11)9-4-6-12(14)7-5-9;8-5-1-3-6(4-2-5)10-7-9;7-5-2-1-3-6(8)4-5;1-2/h1-8H;1-4,9H;1-4H;2H,1H3. The van der Waals surface area contributed by atoms with Crippen molar-refractivity contribution in [3.63, 3.8) is 0 Å². The molecule has 4 rings (SSSR count). The van der Waals surface area contributed by atoms with Crippen molar-refractivity contribution in [1.29, 1.82) is 0 Å². The van der Waals surface area contributed by atoms with E-state index < -0.39 is 0 Å². The lowest BCUT2D eigenvalue weighted by Crippen LogP contribution is -1.98. The second-order valence-corrected chi connectivity index (χ2v) is 10.1. The molecule has 0 bridgehead atoms. The molecule has 0 atom stereocenters. The lowest BCUT2D eigenvalue weighted by Gasteiger charge is -2.01. The smallest absolute Gasteiger partial charge is 0.537 e. The van der Waals surface area contributed by atoms with Crippen LogP contribution in [0.1, 0.15) is 0 Å². The summed E-state index contributed by atoms with van der Waals surface area (Å²) in [5, 5.41) is 16.6. The summed E-state index contributed by atoms with van der Waals surface area (Å²) in [5.74, 6) is 0.562. The molecule has 1 radical (unpaired) electrons. The quantitative estimate of drug-likeness (QED) is 0.164. The average Bonchev–Trinajstić information content (AvgIpc) is 2.83. The van der Waals surface area contributed by atoms with Crippen molar-refractivity contribution in [3.8, 4) is 16.9 Å². The summed E-state index contributed by atoms with van der Waals surface area (Å²) in [6.45, 7) is 0. The van der Waals surface area contributed by atoms with Crippen molar-refractivity contribution in [2.24, 2.45) is 0 Å². The molecule has 177 valence electrons. The number of halogens is 5. The molecule has 0 unspecified atom stereocenters. The summed E-state index contributed by atoms with van der Waals surface area (Å²) < 4.78 is 8.12. The maximum absolute atomic E-state index is 8.21. The second-order valence-electron chi connectivity index (χ2n) is 6.13. The number of aliphatic hydroxyl groups is 1. The molecule has 3 nitrogen and oxygen atoms in total. The summed E-state index contributed by atoms with van der Waals surface area (Å²) in [7, 11) is 1.63. The van der Waals surface area contributed by atoms with Crippen molar-refractivity contribution in [1.82, 2.24) is 0 Å². The first-order valence-corrected chi connectivity index (χ1v) is 13.0. The van der Waals surface area contributed by atoms with Crippen molar-refractivity contribution in [2.75, 3.05) is 7.11 Å². The SMILES string of the molecule is Brc1cccc(I)c1.CO.Clc1ccc(-c2cccc(Br)c2)cc1.O[B]Oc1ccc(Cl)cc1. The molecule has 9 heteroatoms. The van der Waals surface area contributed by atoms with Crippen LogP contribution < -0.4 is 4.65 Å². The normalized spacial score (nSPS) is 9.18. The van der Waals surface area contributed by atoms with E-state index in [1.807, 2.05) is 48.5 Å². The van der Waals surface area contributed by atoms with Gasteiger partial charge < -0.3 is 14.8 Å². The van der Waals surface area contributed by atoms with Crippen LogP contribution in [0.2, 0.25) is 10.0 Å². The molecular weight excluding hydrogens is 717 g/mol. The maximum Gasteiger partial charge on any atom is 0.569 e. The van der Waals surface area contributed by atoms with Gasteiger partial charge in [-0.1, -0.05) is 85.4 Å². The summed E-state index contributed by atoms with van der Waals surface area (Å²) >= 11 is 20.5. The number of benzene rings is 4. The van der Waals surface area contributed by atoms with Gasteiger partial charge in [-0.3, -0.25) is 0 Å². The molecule has 0 fully saturated rings. The highest BCUT2D eigenvalue weighted by Gasteiger charge is 1.97. The minimum atomic E-state index is 0.562. The molecule has 0 aliphatic rings. The Morgan fingerprint density at radius 2 is 1.21 bits per heavy atom. The fourth-order valence-electron chi connectivity index (χ4n) is 2.34. The zero-order valence-corrected chi connectivity index (χ0v) is 24.8. The first-order valence-electron chi connectivity index (χ1n) is 9.63. The second kappa shape index (κ2) is 18.2. The van der Waals surface area contributed by atoms with Gasteiger partial charge in [-0.2, -0.15) is 0 Å². The number of hydrogen-bond donors (Lipinski definition) is 2. The van der Waals surface area contributed by atoms with E-state index in [0.717, 1.165) is 21.1 Å². The van der Waals surface area contributed by atoms with Gasteiger partial charge in [-0.05, 0) is 100 Å². The third kappa shape index (κ3) is 13.1. The van der Waals surface area contributed by atoms with E-state index in [-0.39, 0.29) is 0 Å². The fraction of sp³-hybridized carbons (Fsp3) is 0.0400. The topological polar surface area (TPSA) is 49.7 Å². The Hall–Kier alpha value is -1.07. The molecule has 0 spiro atoms. The molecule has 0 saturated carbocycles. The predicted molar refractivity (Wildman–Crippen MR) is 160 cm³/mol. The van der Waals surface area contributed by atoms with Crippen LogP contribution in [0.5, 0.6) is 5.75 Å². The number of aliphatic hydroxyl groups excluding tert-OH is 1. The minimum absolute atomic E-state index is 0.562. The van der Waals surface area contributed by atoms with Crippen LogP contribution >= 0.6 is 77.7 Å². The van der Waals surface area contributed by atoms with Gasteiger partial charge in [0.15, 0.2) is 0 Å². The zero-order valence-electron chi connectivity index (χ0n) is 18.0. The average molecular weight is 738 g/mol. The Morgan fingerprint density at radius 1 is 0.706 bits per heavy atom. The predicted octanol–water partition coefficient (Wildman–Crippen LogP) is 8.68. The molecule has 0 aliphatic carbocycles. The van der Waals surface area contributed by atoms with Gasteiger partial charge >= 0.3 is 7.69 Å². The van der Waals surface area contributed by atoms with E-state index in [2.05, 4.69) is 83.4 Å². The molecule has 0 heterocycles.